The third kappa shape index (κ3) is 4.64. The van der Waals surface area contributed by atoms with E-state index in [9.17, 15) is 9.59 Å². The minimum Gasteiger partial charge on any atom is -0.497 e. The van der Waals surface area contributed by atoms with Gasteiger partial charge < -0.3 is 19.9 Å². The summed E-state index contributed by atoms with van der Waals surface area (Å²) in [4.78, 5) is 28.2. The topological polar surface area (TPSA) is 61.9 Å². The van der Waals surface area contributed by atoms with E-state index in [2.05, 4.69) is 5.32 Å². The van der Waals surface area contributed by atoms with Gasteiger partial charge in [-0.1, -0.05) is 12.1 Å². The van der Waals surface area contributed by atoms with Crippen LogP contribution >= 0.6 is 11.8 Å². The van der Waals surface area contributed by atoms with Gasteiger partial charge in [0.2, 0.25) is 11.8 Å². The third-order valence-electron chi connectivity index (χ3n) is 3.84. The molecule has 1 heterocycles. The predicted octanol–water partition coefficient (Wildman–Crippen LogP) is 1.34. The van der Waals surface area contributed by atoms with Crippen molar-refractivity contribution >= 4 is 23.6 Å². The van der Waals surface area contributed by atoms with Gasteiger partial charge in [-0.05, 0) is 38.7 Å². The molecule has 0 bridgehead atoms. The van der Waals surface area contributed by atoms with Gasteiger partial charge in [-0.25, -0.2) is 0 Å². The van der Waals surface area contributed by atoms with Crippen molar-refractivity contribution in [1.29, 1.82) is 0 Å². The summed E-state index contributed by atoms with van der Waals surface area (Å²) in [7, 11) is 5.53. The highest BCUT2D eigenvalue weighted by Crippen LogP contribution is 2.42. The number of hydrogen-bond donors (Lipinski definition) is 1. The van der Waals surface area contributed by atoms with E-state index in [1.807, 2.05) is 50.2 Å². The van der Waals surface area contributed by atoms with Gasteiger partial charge in [-0.3, -0.25) is 9.59 Å². The molecule has 1 aliphatic heterocycles. The van der Waals surface area contributed by atoms with E-state index in [1.165, 1.54) is 0 Å². The molecule has 0 radical (unpaired) electrons. The summed E-state index contributed by atoms with van der Waals surface area (Å²) >= 11 is 1.57. The van der Waals surface area contributed by atoms with E-state index >= 15 is 0 Å². The second kappa shape index (κ2) is 8.39. The average molecular weight is 351 g/mol. The molecule has 2 unspecified atom stereocenters. The number of likely N-dealkylation sites (N-methyl/N-ethyl adjacent to an activating group) is 1. The van der Waals surface area contributed by atoms with Gasteiger partial charge >= 0.3 is 0 Å². The lowest BCUT2D eigenvalue weighted by Crippen LogP contribution is -2.41. The van der Waals surface area contributed by atoms with Gasteiger partial charge in [0.1, 0.15) is 17.7 Å². The molecule has 0 saturated carbocycles. The summed E-state index contributed by atoms with van der Waals surface area (Å²) in [5.74, 6) is 0.649. The first-order chi connectivity index (χ1) is 11.4. The second-order valence-electron chi connectivity index (χ2n) is 6.02. The molecule has 132 valence electrons. The Labute approximate surface area is 147 Å². The molecule has 0 spiro atoms. The summed E-state index contributed by atoms with van der Waals surface area (Å²) in [6.45, 7) is 3.31. The standard InChI is InChI=1S/C17H25N3O3S/c1-12-16(22)20(11-15(21)18-9-10-19(2)3)17(24-12)13-5-7-14(23-4)8-6-13/h5-8,12,17H,9-11H2,1-4H3,(H,18,21). The first-order valence-electron chi connectivity index (χ1n) is 7.93. The van der Waals surface area contributed by atoms with Crippen molar-refractivity contribution in [3.63, 3.8) is 0 Å². The van der Waals surface area contributed by atoms with Crippen LogP contribution in [0.1, 0.15) is 17.9 Å². The Hall–Kier alpha value is -1.73. The highest BCUT2D eigenvalue weighted by atomic mass is 32.2. The molecular weight excluding hydrogens is 326 g/mol. The van der Waals surface area contributed by atoms with Crippen molar-refractivity contribution < 1.29 is 14.3 Å². The lowest BCUT2D eigenvalue weighted by molar-refractivity contribution is -0.135. The van der Waals surface area contributed by atoms with Crippen molar-refractivity contribution in [3.05, 3.63) is 29.8 Å². The molecule has 1 aromatic rings. The van der Waals surface area contributed by atoms with Gasteiger partial charge in [0, 0.05) is 13.1 Å². The molecule has 2 amide bonds. The second-order valence-corrected chi connectivity index (χ2v) is 7.45. The van der Waals surface area contributed by atoms with Crippen molar-refractivity contribution in [2.75, 3.05) is 40.8 Å². The molecule has 6 nitrogen and oxygen atoms in total. The smallest absolute Gasteiger partial charge is 0.239 e. The predicted molar refractivity (Wildman–Crippen MR) is 96.1 cm³/mol. The molecule has 1 aliphatic rings. The number of carbonyl (C=O) groups excluding carboxylic acids is 2. The lowest BCUT2D eigenvalue weighted by atomic mass is 10.2. The molecule has 2 atom stereocenters. The van der Waals surface area contributed by atoms with Gasteiger partial charge in [-0.2, -0.15) is 0 Å². The van der Waals surface area contributed by atoms with Crippen molar-refractivity contribution in [2.24, 2.45) is 0 Å². The zero-order valence-electron chi connectivity index (χ0n) is 14.6. The number of amides is 2. The first-order valence-corrected chi connectivity index (χ1v) is 8.88. The third-order valence-corrected chi connectivity index (χ3v) is 5.24. The molecule has 7 heteroatoms. The normalized spacial score (nSPS) is 20.5. The molecule has 1 aromatic carbocycles. The van der Waals surface area contributed by atoms with Crippen LogP contribution in [-0.2, 0) is 9.59 Å². The Balaban J connectivity index is 2.03. The van der Waals surface area contributed by atoms with Gasteiger partial charge in [-0.15, -0.1) is 11.8 Å². The van der Waals surface area contributed by atoms with Gasteiger partial charge in [0.05, 0.1) is 12.4 Å². The van der Waals surface area contributed by atoms with Crippen molar-refractivity contribution in [3.8, 4) is 5.75 Å². The summed E-state index contributed by atoms with van der Waals surface area (Å²) in [6, 6.07) is 7.63. The Kier molecular flexibility index (Phi) is 6.51. The van der Waals surface area contributed by atoms with Crippen LogP contribution in [0.4, 0.5) is 0 Å². The van der Waals surface area contributed by atoms with E-state index < -0.39 is 0 Å². The summed E-state index contributed by atoms with van der Waals surface area (Å²) in [6.07, 6.45) is 0. The maximum absolute atomic E-state index is 12.4. The van der Waals surface area contributed by atoms with E-state index in [4.69, 9.17) is 4.74 Å². The maximum atomic E-state index is 12.4. The molecule has 24 heavy (non-hydrogen) atoms. The molecule has 1 N–H and O–H groups in total. The minimum atomic E-state index is -0.147. The van der Waals surface area contributed by atoms with E-state index in [-0.39, 0.29) is 29.0 Å². The van der Waals surface area contributed by atoms with Gasteiger partial charge in [0.25, 0.3) is 0 Å². The van der Waals surface area contributed by atoms with Crippen molar-refractivity contribution in [2.45, 2.75) is 17.5 Å². The number of benzene rings is 1. The van der Waals surface area contributed by atoms with Crippen LogP contribution in [-0.4, -0.2) is 67.7 Å². The molecule has 0 aliphatic carbocycles. The van der Waals surface area contributed by atoms with Crippen LogP contribution in [0.15, 0.2) is 24.3 Å². The van der Waals surface area contributed by atoms with Crippen LogP contribution in [0.3, 0.4) is 0 Å². The first kappa shape index (κ1) is 18.6. The average Bonchev–Trinajstić information content (AvgIpc) is 2.83. The van der Waals surface area contributed by atoms with Crippen molar-refractivity contribution in [1.82, 2.24) is 15.1 Å². The fourth-order valence-electron chi connectivity index (χ4n) is 2.49. The highest BCUT2D eigenvalue weighted by Gasteiger charge is 2.39. The number of carbonyl (C=O) groups is 2. The van der Waals surface area contributed by atoms with Crippen LogP contribution in [0.25, 0.3) is 0 Å². The largest absolute Gasteiger partial charge is 0.497 e. The minimum absolute atomic E-state index is 0.00331. The molecule has 2 rings (SSSR count). The Morgan fingerprint density at radius 2 is 2.00 bits per heavy atom. The highest BCUT2D eigenvalue weighted by molar-refractivity contribution is 8.01. The number of thioether (sulfide) groups is 1. The van der Waals surface area contributed by atoms with E-state index in [0.717, 1.165) is 17.9 Å². The van der Waals surface area contributed by atoms with Crippen LogP contribution in [0.2, 0.25) is 0 Å². The summed E-state index contributed by atoms with van der Waals surface area (Å²) in [5.41, 5.74) is 1.000. The zero-order chi connectivity index (χ0) is 17.7. The van der Waals surface area contributed by atoms with Crippen LogP contribution in [0, 0.1) is 0 Å². The molecule has 1 saturated heterocycles. The van der Waals surface area contributed by atoms with Gasteiger partial charge in [0.15, 0.2) is 0 Å². The Bertz CT molecular complexity index is 577. The number of methoxy groups -OCH3 is 1. The maximum Gasteiger partial charge on any atom is 0.239 e. The number of nitrogens with zero attached hydrogens (tertiary/aromatic N) is 2. The zero-order valence-corrected chi connectivity index (χ0v) is 15.4. The fraction of sp³-hybridized carbons (Fsp3) is 0.529. The molecular formula is C17H25N3O3S. The fourth-order valence-corrected chi connectivity index (χ4v) is 3.77. The monoisotopic (exact) mass is 351 g/mol. The SMILES string of the molecule is COc1ccc(C2SC(C)C(=O)N2CC(=O)NCCN(C)C)cc1. The summed E-state index contributed by atoms with van der Waals surface area (Å²) in [5, 5.41) is 2.58. The number of nitrogens with one attached hydrogen (secondary N) is 1. The number of hydrogen-bond acceptors (Lipinski definition) is 5. The number of ether oxygens (including phenoxy) is 1. The lowest BCUT2D eigenvalue weighted by Gasteiger charge is -2.24. The van der Waals surface area contributed by atoms with Crippen LogP contribution < -0.4 is 10.1 Å². The Morgan fingerprint density at radius 1 is 1.33 bits per heavy atom. The molecule has 0 aromatic heterocycles. The number of rotatable bonds is 7. The Morgan fingerprint density at radius 3 is 2.58 bits per heavy atom. The molecule has 1 fully saturated rings. The summed E-state index contributed by atoms with van der Waals surface area (Å²) < 4.78 is 5.17. The quantitative estimate of drug-likeness (QED) is 0.803. The van der Waals surface area contributed by atoms with E-state index in [0.29, 0.717) is 6.54 Å². The van der Waals surface area contributed by atoms with E-state index in [1.54, 1.807) is 23.8 Å². The van der Waals surface area contributed by atoms with Crippen LogP contribution in [0.5, 0.6) is 5.75 Å².